The number of carbonyl (C=O) groups is 1. The lowest BCUT2D eigenvalue weighted by Crippen LogP contribution is -2.35. The molecule has 3 nitrogen and oxygen atoms in total. The van der Waals surface area contributed by atoms with Crippen molar-refractivity contribution in [2.75, 3.05) is 19.6 Å². The molecule has 1 aliphatic heterocycles. The summed E-state index contributed by atoms with van der Waals surface area (Å²) in [6, 6.07) is 10.4. The summed E-state index contributed by atoms with van der Waals surface area (Å²) in [5.41, 5.74) is 7.21. The smallest absolute Gasteiger partial charge is 0.223 e. The normalized spacial score (nSPS) is 23.6. The van der Waals surface area contributed by atoms with Crippen LogP contribution in [-0.4, -0.2) is 30.4 Å². The van der Waals surface area contributed by atoms with Crippen LogP contribution in [0.4, 0.5) is 0 Å². The minimum Gasteiger partial charge on any atom is -0.342 e. The third-order valence-electron chi connectivity index (χ3n) is 4.83. The van der Waals surface area contributed by atoms with Crippen LogP contribution in [0.25, 0.3) is 0 Å². The molecule has 0 aromatic heterocycles. The summed E-state index contributed by atoms with van der Waals surface area (Å²) in [4.78, 5) is 14.6. The first-order valence-electron chi connectivity index (χ1n) is 7.98. The number of nitrogens with two attached hydrogens (primary N) is 1. The molecule has 1 fully saturated rings. The van der Waals surface area contributed by atoms with E-state index in [9.17, 15) is 4.79 Å². The van der Waals surface area contributed by atoms with Crippen molar-refractivity contribution in [3.05, 3.63) is 35.9 Å². The number of hydrogen-bond acceptors (Lipinski definition) is 2. The predicted molar refractivity (Wildman–Crippen MR) is 87.0 cm³/mol. The Bertz CT molecular complexity index is 471. The van der Waals surface area contributed by atoms with E-state index < -0.39 is 0 Å². The zero-order valence-electron chi connectivity index (χ0n) is 13.5. The van der Waals surface area contributed by atoms with Gasteiger partial charge in [-0.2, -0.15) is 0 Å². The van der Waals surface area contributed by atoms with Crippen molar-refractivity contribution < 1.29 is 4.79 Å². The Kier molecular flexibility index (Phi) is 5.04. The number of nitrogens with zero attached hydrogens (tertiary/aromatic N) is 1. The van der Waals surface area contributed by atoms with E-state index in [1.165, 1.54) is 5.56 Å². The molecule has 0 radical (unpaired) electrons. The van der Waals surface area contributed by atoms with Gasteiger partial charge in [0.1, 0.15) is 0 Å². The molecule has 1 heterocycles. The van der Waals surface area contributed by atoms with Crippen molar-refractivity contribution in [3.63, 3.8) is 0 Å². The maximum absolute atomic E-state index is 12.6. The van der Waals surface area contributed by atoms with Gasteiger partial charge in [0.05, 0.1) is 0 Å². The maximum Gasteiger partial charge on any atom is 0.223 e. The molecular weight excluding hydrogens is 260 g/mol. The molecule has 1 aromatic rings. The lowest BCUT2D eigenvalue weighted by Gasteiger charge is -2.26. The highest BCUT2D eigenvalue weighted by Crippen LogP contribution is 2.32. The van der Waals surface area contributed by atoms with Gasteiger partial charge >= 0.3 is 0 Å². The summed E-state index contributed by atoms with van der Waals surface area (Å²) in [6.45, 7) is 8.88. The maximum atomic E-state index is 12.6. The Morgan fingerprint density at radius 3 is 2.52 bits per heavy atom. The van der Waals surface area contributed by atoms with Crippen LogP contribution in [0.15, 0.2) is 30.3 Å². The van der Waals surface area contributed by atoms with Gasteiger partial charge in [-0.3, -0.25) is 4.79 Å². The molecule has 0 spiro atoms. The Balaban J connectivity index is 2.03. The van der Waals surface area contributed by atoms with Gasteiger partial charge in [0, 0.05) is 19.5 Å². The van der Waals surface area contributed by atoms with Crippen LogP contribution in [0.2, 0.25) is 0 Å². The van der Waals surface area contributed by atoms with Crippen molar-refractivity contribution >= 4 is 5.91 Å². The highest BCUT2D eigenvalue weighted by atomic mass is 16.2. The molecule has 21 heavy (non-hydrogen) atoms. The summed E-state index contributed by atoms with van der Waals surface area (Å²) in [5, 5.41) is 0. The average Bonchev–Trinajstić information content (AvgIpc) is 2.88. The lowest BCUT2D eigenvalue weighted by molar-refractivity contribution is -0.131. The van der Waals surface area contributed by atoms with Gasteiger partial charge in [0.25, 0.3) is 0 Å². The molecule has 1 aromatic carbocycles. The van der Waals surface area contributed by atoms with E-state index in [1.54, 1.807) is 0 Å². The number of amides is 1. The van der Waals surface area contributed by atoms with E-state index in [1.807, 2.05) is 11.0 Å². The Labute approximate surface area is 128 Å². The number of rotatable bonds is 5. The Hall–Kier alpha value is -1.35. The first kappa shape index (κ1) is 16.0. The van der Waals surface area contributed by atoms with E-state index >= 15 is 0 Å². The van der Waals surface area contributed by atoms with Crippen LogP contribution in [0.3, 0.4) is 0 Å². The molecule has 116 valence electrons. The van der Waals surface area contributed by atoms with Crippen molar-refractivity contribution in [1.29, 1.82) is 0 Å². The first-order chi connectivity index (χ1) is 9.95. The van der Waals surface area contributed by atoms with Gasteiger partial charge in [0.2, 0.25) is 5.91 Å². The van der Waals surface area contributed by atoms with Gasteiger partial charge in [-0.15, -0.1) is 0 Å². The molecule has 0 saturated carbocycles. The largest absolute Gasteiger partial charge is 0.342 e. The third kappa shape index (κ3) is 3.85. The lowest BCUT2D eigenvalue weighted by atomic mass is 9.85. The van der Waals surface area contributed by atoms with Crippen LogP contribution in [0.1, 0.15) is 45.1 Å². The van der Waals surface area contributed by atoms with Crippen molar-refractivity contribution in [2.24, 2.45) is 17.1 Å². The van der Waals surface area contributed by atoms with E-state index in [2.05, 4.69) is 45.0 Å². The minimum absolute atomic E-state index is 0.107. The SMILES string of the molecule is CC(C)C(CC(=O)N1CCC(C)(CN)C1)c1ccccc1. The minimum atomic E-state index is 0.107. The van der Waals surface area contributed by atoms with E-state index in [-0.39, 0.29) is 11.3 Å². The second-order valence-electron chi connectivity index (χ2n) is 7.05. The molecule has 1 saturated heterocycles. The standard InChI is InChI=1S/C18H28N2O/c1-14(2)16(15-7-5-4-6-8-15)11-17(21)20-10-9-18(3,12-19)13-20/h4-8,14,16H,9-13,19H2,1-3H3. The van der Waals surface area contributed by atoms with Crippen LogP contribution in [0, 0.1) is 11.3 Å². The van der Waals surface area contributed by atoms with Gasteiger partial charge in [-0.25, -0.2) is 0 Å². The fourth-order valence-electron chi connectivity index (χ4n) is 3.16. The molecule has 1 amide bonds. The van der Waals surface area contributed by atoms with Crippen LogP contribution >= 0.6 is 0 Å². The summed E-state index contributed by atoms with van der Waals surface area (Å²) in [5.74, 6) is 1.03. The number of benzene rings is 1. The highest BCUT2D eigenvalue weighted by Gasteiger charge is 2.35. The molecule has 0 aliphatic carbocycles. The van der Waals surface area contributed by atoms with E-state index in [0.29, 0.717) is 24.8 Å². The zero-order valence-corrected chi connectivity index (χ0v) is 13.5. The highest BCUT2D eigenvalue weighted by molar-refractivity contribution is 5.77. The van der Waals surface area contributed by atoms with Crippen molar-refractivity contribution in [2.45, 2.75) is 39.5 Å². The Morgan fingerprint density at radius 2 is 2.00 bits per heavy atom. The van der Waals surface area contributed by atoms with Gasteiger partial charge in [0.15, 0.2) is 0 Å². The summed E-state index contributed by atoms with van der Waals surface area (Å²) < 4.78 is 0. The molecular formula is C18H28N2O. The quantitative estimate of drug-likeness (QED) is 0.905. The molecule has 2 unspecified atom stereocenters. The number of likely N-dealkylation sites (tertiary alicyclic amines) is 1. The second kappa shape index (κ2) is 6.61. The summed E-state index contributed by atoms with van der Waals surface area (Å²) >= 11 is 0. The number of hydrogen-bond donors (Lipinski definition) is 1. The predicted octanol–water partition coefficient (Wildman–Crippen LogP) is 3.01. The Morgan fingerprint density at radius 1 is 1.33 bits per heavy atom. The summed E-state index contributed by atoms with van der Waals surface area (Å²) in [6.07, 6.45) is 1.62. The second-order valence-corrected chi connectivity index (χ2v) is 7.05. The van der Waals surface area contributed by atoms with Gasteiger partial charge < -0.3 is 10.6 Å². The molecule has 2 N–H and O–H groups in total. The van der Waals surface area contributed by atoms with Crippen molar-refractivity contribution in [3.8, 4) is 0 Å². The van der Waals surface area contributed by atoms with E-state index in [0.717, 1.165) is 19.5 Å². The molecule has 1 aliphatic rings. The first-order valence-corrected chi connectivity index (χ1v) is 7.98. The van der Waals surface area contributed by atoms with Crippen LogP contribution < -0.4 is 5.73 Å². The zero-order chi connectivity index (χ0) is 15.5. The molecule has 2 atom stereocenters. The fraction of sp³-hybridized carbons (Fsp3) is 0.611. The summed E-state index contributed by atoms with van der Waals surface area (Å²) in [7, 11) is 0. The fourth-order valence-corrected chi connectivity index (χ4v) is 3.16. The third-order valence-corrected chi connectivity index (χ3v) is 4.83. The number of carbonyl (C=O) groups excluding carboxylic acids is 1. The molecule has 0 bridgehead atoms. The van der Waals surface area contributed by atoms with Crippen molar-refractivity contribution in [1.82, 2.24) is 4.90 Å². The molecule has 3 heteroatoms. The van der Waals surface area contributed by atoms with Gasteiger partial charge in [-0.1, -0.05) is 51.1 Å². The topological polar surface area (TPSA) is 46.3 Å². The average molecular weight is 288 g/mol. The van der Waals surface area contributed by atoms with Gasteiger partial charge in [-0.05, 0) is 35.8 Å². The molecule has 2 rings (SSSR count). The van der Waals surface area contributed by atoms with E-state index in [4.69, 9.17) is 5.73 Å². The monoisotopic (exact) mass is 288 g/mol. The van der Waals surface area contributed by atoms with Crippen LogP contribution in [-0.2, 0) is 4.79 Å². The van der Waals surface area contributed by atoms with Crippen LogP contribution in [0.5, 0.6) is 0 Å².